The monoisotopic (exact) mass is 396 g/mol. The summed E-state index contributed by atoms with van der Waals surface area (Å²) in [5.74, 6) is -1.96. The highest BCUT2D eigenvalue weighted by molar-refractivity contribution is 5.98. The number of ether oxygens (including phenoxy) is 1. The highest BCUT2D eigenvalue weighted by Gasteiger charge is 2.35. The molecule has 0 aromatic heterocycles. The molecule has 0 aliphatic heterocycles. The maximum Gasteiger partial charge on any atom is 0.417 e. The molecular weight excluding hydrogens is 381 g/mol. The van der Waals surface area contributed by atoms with Crippen LogP contribution in [-0.2, 0) is 22.1 Å². The van der Waals surface area contributed by atoms with Gasteiger partial charge in [-0.05, 0) is 17.7 Å². The normalized spacial score (nSPS) is 12.1. The van der Waals surface area contributed by atoms with Crippen molar-refractivity contribution < 1.29 is 32.4 Å². The van der Waals surface area contributed by atoms with Crippen LogP contribution < -0.4 is 5.32 Å². The Labute approximate surface area is 157 Å². The predicted molar refractivity (Wildman–Crippen MR) is 91.5 cm³/mol. The van der Waals surface area contributed by atoms with E-state index in [9.17, 15) is 32.9 Å². The van der Waals surface area contributed by atoms with Crippen LogP contribution >= 0.6 is 0 Å². The van der Waals surface area contributed by atoms with E-state index in [0.717, 1.165) is 25.3 Å². The first-order valence-corrected chi connectivity index (χ1v) is 7.91. The molecule has 0 saturated carbocycles. The number of amides is 1. The molecule has 0 aliphatic carbocycles. The third-order valence-corrected chi connectivity index (χ3v) is 3.86. The molecule has 7 nitrogen and oxygen atoms in total. The number of esters is 1. The molecule has 0 aliphatic rings. The number of nitro benzene ring substituents is 1. The van der Waals surface area contributed by atoms with Gasteiger partial charge in [0.25, 0.3) is 11.6 Å². The van der Waals surface area contributed by atoms with Gasteiger partial charge in [0.15, 0.2) is 0 Å². The number of hydrogen-bond donors (Lipinski definition) is 1. The lowest BCUT2D eigenvalue weighted by Crippen LogP contribution is -2.43. The maximum atomic E-state index is 13.1. The molecule has 148 valence electrons. The highest BCUT2D eigenvalue weighted by atomic mass is 19.4. The summed E-state index contributed by atoms with van der Waals surface area (Å²) >= 11 is 0. The van der Waals surface area contributed by atoms with E-state index in [4.69, 9.17) is 0 Å². The Hall–Kier alpha value is -3.43. The lowest BCUT2D eigenvalue weighted by molar-refractivity contribution is -0.384. The summed E-state index contributed by atoms with van der Waals surface area (Å²) in [4.78, 5) is 34.4. The quantitative estimate of drug-likeness (QED) is 0.460. The number of nitrogens with zero attached hydrogens (tertiary/aromatic N) is 1. The number of nitrogens with one attached hydrogen (secondary N) is 1. The second kappa shape index (κ2) is 8.51. The van der Waals surface area contributed by atoms with Gasteiger partial charge < -0.3 is 10.1 Å². The molecule has 10 heteroatoms. The Morgan fingerprint density at radius 3 is 2.29 bits per heavy atom. The van der Waals surface area contributed by atoms with Gasteiger partial charge in [-0.25, -0.2) is 4.79 Å². The van der Waals surface area contributed by atoms with Crippen molar-refractivity contribution in [3.8, 4) is 0 Å². The largest absolute Gasteiger partial charge is 0.467 e. The minimum Gasteiger partial charge on any atom is -0.467 e. The Morgan fingerprint density at radius 2 is 1.75 bits per heavy atom. The van der Waals surface area contributed by atoms with E-state index in [1.165, 1.54) is 30.3 Å². The van der Waals surface area contributed by atoms with Crippen LogP contribution in [0.2, 0.25) is 0 Å². The number of non-ortho nitro benzene ring substituents is 1. The zero-order valence-corrected chi connectivity index (χ0v) is 14.5. The average molecular weight is 396 g/mol. The smallest absolute Gasteiger partial charge is 0.417 e. The number of halogens is 3. The second-order valence-electron chi connectivity index (χ2n) is 5.72. The van der Waals surface area contributed by atoms with Gasteiger partial charge in [0.05, 0.1) is 23.2 Å². The molecule has 1 N–H and O–H groups in total. The fourth-order valence-electron chi connectivity index (χ4n) is 2.49. The van der Waals surface area contributed by atoms with Crippen molar-refractivity contribution in [1.82, 2.24) is 5.32 Å². The van der Waals surface area contributed by atoms with Crippen LogP contribution in [0.4, 0.5) is 18.9 Å². The van der Waals surface area contributed by atoms with E-state index in [1.807, 2.05) is 0 Å². The van der Waals surface area contributed by atoms with Crippen LogP contribution in [0.3, 0.4) is 0 Å². The number of hydrogen-bond acceptors (Lipinski definition) is 5. The van der Waals surface area contributed by atoms with Gasteiger partial charge in [-0.1, -0.05) is 24.3 Å². The van der Waals surface area contributed by atoms with E-state index in [1.54, 1.807) is 0 Å². The van der Waals surface area contributed by atoms with Crippen molar-refractivity contribution in [2.24, 2.45) is 0 Å². The van der Waals surface area contributed by atoms with E-state index in [0.29, 0.717) is 5.56 Å². The lowest BCUT2D eigenvalue weighted by Gasteiger charge is -2.18. The van der Waals surface area contributed by atoms with Gasteiger partial charge in [-0.15, -0.1) is 0 Å². The van der Waals surface area contributed by atoms with Crippen LogP contribution in [0.25, 0.3) is 0 Å². The van der Waals surface area contributed by atoms with Gasteiger partial charge in [0, 0.05) is 18.6 Å². The van der Waals surface area contributed by atoms with Gasteiger partial charge in [0.1, 0.15) is 6.04 Å². The maximum absolute atomic E-state index is 13.1. The first-order chi connectivity index (χ1) is 13.1. The van der Waals surface area contributed by atoms with Crippen LogP contribution in [-0.4, -0.2) is 30.0 Å². The molecule has 0 fully saturated rings. The van der Waals surface area contributed by atoms with Crippen LogP contribution in [0.1, 0.15) is 21.5 Å². The number of rotatable bonds is 6. The summed E-state index contributed by atoms with van der Waals surface area (Å²) in [6.45, 7) is 0. The number of carbonyl (C=O) groups excluding carboxylic acids is 2. The molecule has 0 unspecified atom stereocenters. The minimum atomic E-state index is -4.74. The summed E-state index contributed by atoms with van der Waals surface area (Å²) in [5, 5.41) is 12.9. The molecule has 28 heavy (non-hydrogen) atoms. The molecule has 2 aromatic rings. The van der Waals surface area contributed by atoms with Crippen LogP contribution in [0, 0.1) is 10.1 Å². The van der Waals surface area contributed by atoms with Gasteiger partial charge in [0.2, 0.25) is 0 Å². The van der Waals surface area contributed by atoms with Crippen molar-refractivity contribution in [2.75, 3.05) is 7.11 Å². The summed E-state index contributed by atoms with van der Waals surface area (Å²) in [5.41, 5.74) is -1.48. The van der Waals surface area contributed by atoms with E-state index in [-0.39, 0.29) is 12.1 Å². The Bertz CT molecular complexity index is 882. The Kier molecular flexibility index (Phi) is 6.34. The number of alkyl halides is 3. The topological polar surface area (TPSA) is 98.5 Å². The number of benzene rings is 2. The highest BCUT2D eigenvalue weighted by Crippen LogP contribution is 2.31. The first kappa shape index (κ1) is 20.9. The molecular formula is C18H15F3N2O5. The summed E-state index contributed by atoms with van der Waals surface area (Å²) in [7, 11) is 1.07. The second-order valence-corrected chi connectivity index (χ2v) is 5.72. The zero-order chi connectivity index (χ0) is 20.9. The molecule has 0 bridgehead atoms. The van der Waals surface area contributed by atoms with Crippen LogP contribution in [0.15, 0.2) is 48.5 Å². The summed E-state index contributed by atoms with van der Waals surface area (Å²) in [6, 6.07) is 8.08. The fraction of sp³-hybridized carbons (Fsp3) is 0.222. The summed E-state index contributed by atoms with van der Waals surface area (Å²) in [6.07, 6.45) is -4.86. The molecule has 2 rings (SSSR count). The van der Waals surface area contributed by atoms with Crippen molar-refractivity contribution in [2.45, 2.75) is 18.6 Å². The first-order valence-electron chi connectivity index (χ1n) is 7.91. The van der Waals surface area contributed by atoms with Gasteiger partial charge >= 0.3 is 12.1 Å². The van der Waals surface area contributed by atoms with Crippen molar-refractivity contribution in [3.05, 3.63) is 75.3 Å². The van der Waals surface area contributed by atoms with Crippen molar-refractivity contribution >= 4 is 17.6 Å². The molecule has 0 heterocycles. The zero-order valence-electron chi connectivity index (χ0n) is 14.5. The third-order valence-electron chi connectivity index (χ3n) is 3.86. The molecule has 1 amide bonds. The average Bonchev–Trinajstić information content (AvgIpc) is 2.66. The molecule has 0 radical (unpaired) electrons. The van der Waals surface area contributed by atoms with Crippen LogP contribution in [0.5, 0.6) is 0 Å². The lowest BCUT2D eigenvalue weighted by atomic mass is 10.0. The molecule has 0 spiro atoms. The van der Waals surface area contributed by atoms with Crippen molar-refractivity contribution in [1.29, 1.82) is 0 Å². The van der Waals surface area contributed by atoms with Crippen molar-refractivity contribution in [3.63, 3.8) is 0 Å². The summed E-state index contributed by atoms with van der Waals surface area (Å²) < 4.78 is 43.9. The van der Waals surface area contributed by atoms with E-state index < -0.39 is 40.1 Å². The number of carbonyl (C=O) groups is 2. The Balaban J connectivity index is 2.24. The molecule has 0 saturated heterocycles. The number of nitro groups is 1. The van der Waals surface area contributed by atoms with Gasteiger partial charge in [-0.2, -0.15) is 13.2 Å². The fourth-order valence-corrected chi connectivity index (χ4v) is 2.49. The van der Waals surface area contributed by atoms with E-state index >= 15 is 0 Å². The third kappa shape index (κ3) is 5.06. The molecule has 1 atom stereocenters. The predicted octanol–water partition coefficient (Wildman–Crippen LogP) is 3.13. The SMILES string of the molecule is COC(=O)[C@H](Cc1ccc([N+](=O)[O-])cc1)NC(=O)c1ccccc1C(F)(F)F. The molecule has 2 aromatic carbocycles. The minimum absolute atomic E-state index is 0.120. The Morgan fingerprint density at radius 1 is 1.14 bits per heavy atom. The standard InChI is InChI=1S/C18H15F3N2O5/c1-28-17(25)15(10-11-6-8-12(9-7-11)23(26)27)22-16(24)13-4-2-3-5-14(13)18(19,20)21/h2-9,15H,10H2,1H3,(H,22,24)/t15-/m0/s1. The van der Waals surface area contributed by atoms with E-state index in [2.05, 4.69) is 10.1 Å². The number of methoxy groups -OCH3 is 1. The van der Waals surface area contributed by atoms with Gasteiger partial charge in [-0.3, -0.25) is 14.9 Å².